The standard InChI is InChI=1S/C10H18O.2C10H16.4ClH.Pt/c1-8-4-6-9(7-5-8)10(2,3)11;2*1-7-4-5-8-6-9(7)10(8,2)3;;;;;/h4,9,11H,5-7H2,1-3H3;4,8-9H,5-6H2,1-3H3;8-9H,1,4-6H2,2-3H3;4*1H;/q;;;;;;;+4/p-4/t9-;;;;;;;/m0......./s1. The van der Waals surface area contributed by atoms with Gasteiger partial charge in [0.05, 0.1) is 5.60 Å². The molecular weight excluding hydrogens is 713 g/mol. The molecule has 5 atom stereocenters. The van der Waals surface area contributed by atoms with Gasteiger partial charge in [0.2, 0.25) is 0 Å². The molecule has 0 heterocycles. The molecule has 0 radical (unpaired) electrons. The second kappa shape index (κ2) is 12.7. The molecule has 7 aliphatic rings. The van der Waals surface area contributed by atoms with Crippen LogP contribution in [0, 0.1) is 40.4 Å². The molecule has 214 valence electrons. The third-order valence-corrected chi connectivity index (χ3v) is 10.2. The Balaban J connectivity index is 0.000000175. The van der Waals surface area contributed by atoms with Crippen LogP contribution in [0.25, 0.3) is 0 Å². The second-order valence-corrected chi connectivity index (χ2v) is 33.1. The Morgan fingerprint density at radius 3 is 1.67 bits per heavy atom. The van der Waals surface area contributed by atoms with Crippen LogP contribution in [0.15, 0.2) is 35.5 Å². The zero-order chi connectivity index (χ0) is 27.7. The van der Waals surface area contributed by atoms with Crippen molar-refractivity contribution in [1.29, 1.82) is 0 Å². The molecule has 4 unspecified atom stereocenters. The van der Waals surface area contributed by atoms with Crippen LogP contribution in [-0.2, 0) is 11.9 Å². The quantitative estimate of drug-likeness (QED) is 0.264. The molecule has 0 aromatic carbocycles. The predicted octanol–water partition coefficient (Wildman–Crippen LogP) is 11.3. The summed E-state index contributed by atoms with van der Waals surface area (Å²) in [7, 11) is 20.0. The van der Waals surface area contributed by atoms with Gasteiger partial charge in [0.25, 0.3) is 0 Å². The zero-order valence-corrected chi connectivity index (χ0v) is 29.0. The van der Waals surface area contributed by atoms with Gasteiger partial charge in [-0.1, -0.05) is 63.1 Å². The van der Waals surface area contributed by atoms with E-state index in [1.165, 1.54) is 43.3 Å². The summed E-state index contributed by atoms with van der Waals surface area (Å²) in [4.78, 5) is 0. The number of fused-ring (bicyclic) bond motifs is 3. The van der Waals surface area contributed by atoms with E-state index in [0.717, 1.165) is 42.9 Å². The van der Waals surface area contributed by atoms with Crippen LogP contribution in [0.1, 0.15) is 107 Å². The summed E-state index contributed by atoms with van der Waals surface area (Å²) >= 11 is -3.06. The summed E-state index contributed by atoms with van der Waals surface area (Å²) in [5.41, 5.74) is 5.40. The van der Waals surface area contributed by atoms with E-state index in [-0.39, 0.29) is 0 Å². The first-order valence-corrected chi connectivity index (χ1v) is 24.7. The van der Waals surface area contributed by atoms with Gasteiger partial charge in [-0.3, -0.25) is 0 Å². The molecule has 0 aromatic rings. The van der Waals surface area contributed by atoms with Crippen molar-refractivity contribution >= 4 is 37.7 Å². The molecule has 4 fully saturated rings. The third kappa shape index (κ3) is 9.03. The number of rotatable bonds is 1. The monoisotopic (exact) mass is 761 g/mol. The van der Waals surface area contributed by atoms with Crippen LogP contribution in [0.3, 0.4) is 0 Å². The van der Waals surface area contributed by atoms with Gasteiger partial charge >= 0.3 is 49.6 Å². The second-order valence-electron chi connectivity index (χ2n) is 13.4. The fraction of sp³-hybridized carbons (Fsp3) is 0.800. The van der Waals surface area contributed by atoms with E-state index >= 15 is 0 Å². The summed E-state index contributed by atoms with van der Waals surface area (Å²) in [5, 5.41) is 9.70. The third-order valence-electron chi connectivity index (χ3n) is 10.2. The van der Waals surface area contributed by atoms with E-state index in [4.69, 9.17) is 37.7 Å². The van der Waals surface area contributed by atoms with Gasteiger partial charge in [-0.25, -0.2) is 0 Å². The average molecular weight is 764 g/mol. The fourth-order valence-corrected chi connectivity index (χ4v) is 7.00. The van der Waals surface area contributed by atoms with Crippen molar-refractivity contribution in [3.05, 3.63) is 35.5 Å². The van der Waals surface area contributed by atoms with E-state index in [9.17, 15) is 5.11 Å². The first kappa shape index (κ1) is 33.2. The van der Waals surface area contributed by atoms with E-state index in [1.54, 1.807) is 5.57 Å². The van der Waals surface area contributed by atoms with Gasteiger partial charge in [0, 0.05) is 0 Å². The van der Waals surface area contributed by atoms with Crippen molar-refractivity contribution in [3.8, 4) is 0 Å². The molecule has 1 N–H and O–H groups in total. The predicted molar refractivity (Wildman–Crippen MR) is 158 cm³/mol. The van der Waals surface area contributed by atoms with Crippen molar-refractivity contribution in [2.24, 2.45) is 40.4 Å². The van der Waals surface area contributed by atoms with Crippen LogP contribution < -0.4 is 0 Å². The topological polar surface area (TPSA) is 20.2 Å². The Bertz CT molecular complexity index is 821. The summed E-state index contributed by atoms with van der Waals surface area (Å²) in [5.74, 6) is 4.27. The Kier molecular flexibility index (Phi) is 11.7. The van der Waals surface area contributed by atoms with Gasteiger partial charge in [-0.2, -0.15) is 0 Å². The fourth-order valence-electron chi connectivity index (χ4n) is 7.00. The number of allylic oxidation sites excluding steroid dienone is 5. The van der Waals surface area contributed by atoms with Crippen molar-refractivity contribution in [2.75, 3.05) is 0 Å². The van der Waals surface area contributed by atoms with Gasteiger partial charge in [0.1, 0.15) is 0 Å². The molecule has 4 saturated carbocycles. The molecule has 6 heteroatoms. The first-order chi connectivity index (χ1) is 16.2. The Morgan fingerprint density at radius 2 is 1.39 bits per heavy atom. The molecular formula is C30H50Cl4OPt. The van der Waals surface area contributed by atoms with Crippen molar-refractivity contribution in [1.82, 2.24) is 0 Å². The van der Waals surface area contributed by atoms with Crippen molar-refractivity contribution in [2.45, 2.75) is 112 Å². The molecule has 0 saturated heterocycles. The summed E-state index contributed by atoms with van der Waals surface area (Å²) in [6.07, 6.45) is 15.0. The van der Waals surface area contributed by atoms with Gasteiger partial charge in [0.15, 0.2) is 0 Å². The average Bonchev–Trinajstić information content (AvgIpc) is 2.72. The molecule has 0 spiro atoms. The minimum atomic E-state index is -3.06. The first-order valence-electron chi connectivity index (χ1n) is 13.4. The van der Waals surface area contributed by atoms with E-state index in [0.29, 0.717) is 16.7 Å². The molecule has 4 bridgehead atoms. The molecule has 0 amide bonds. The minimum absolute atomic E-state index is 0.464. The molecule has 36 heavy (non-hydrogen) atoms. The van der Waals surface area contributed by atoms with E-state index < -0.39 is 17.5 Å². The van der Waals surface area contributed by atoms with E-state index in [2.05, 4.69) is 60.3 Å². The molecule has 1 nitrogen and oxygen atoms in total. The summed E-state index contributed by atoms with van der Waals surface area (Å²) in [6.45, 7) is 22.0. The van der Waals surface area contributed by atoms with Crippen LogP contribution in [0.5, 0.6) is 0 Å². The van der Waals surface area contributed by atoms with Crippen molar-refractivity contribution < 1.29 is 17.0 Å². The van der Waals surface area contributed by atoms with Gasteiger partial charge < -0.3 is 5.11 Å². The molecule has 7 aliphatic carbocycles. The molecule has 7 rings (SSSR count). The normalized spacial score (nSPS) is 33.8. The maximum atomic E-state index is 9.70. The molecule has 0 aromatic heterocycles. The Hall–Kier alpha value is 1.03. The maximum absolute atomic E-state index is 9.70. The Labute approximate surface area is 241 Å². The van der Waals surface area contributed by atoms with Crippen LogP contribution in [0.2, 0.25) is 0 Å². The van der Waals surface area contributed by atoms with Crippen LogP contribution in [-0.4, -0.2) is 10.7 Å². The number of hydrogen-bond donors (Lipinski definition) is 1. The summed E-state index contributed by atoms with van der Waals surface area (Å²) < 4.78 is 0. The number of halogens is 4. The van der Waals surface area contributed by atoms with Crippen LogP contribution >= 0.6 is 37.7 Å². The van der Waals surface area contributed by atoms with Gasteiger partial charge in [-0.15, -0.1) is 0 Å². The van der Waals surface area contributed by atoms with Crippen molar-refractivity contribution in [3.63, 3.8) is 0 Å². The Morgan fingerprint density at radius 1 is 0.861 bits per heavy atom. The van der Waals surface area contributed by atoms with Crippen LogP contribution in [0.4, 0.5) is 0 Å². The SMILES string of the molecule is C=C1CCC2CC1C2(C)C.CC1=CCC2CC1C2(C)C.CC1=CC[C@H](C(C)(C)O)CC1.[Cl][Pt]([Cl])([Cl])[Cl]. The van der Waals surface area contributed by atoms with E-state index in [1.807, 2.05) is 13.8 Å². The number of aliphatic hydroxyl groups is 1. The molecule has 0 aliphatic heterocycles. The summed E-state index contributed by atoms with van der Waals surface area (Å²) in [6, 6.07) is 0. The number of hydrogen-bond acceptors (Lipinski definition) is 1. The van der Waals surface area contributed by atoms with Gasteiger partial charge in [-0.05, 0) is 119 Å². The zero-order valence-electron chi connectivity index (χ0n) is 23.7.